The van der Waals surface area contributed by atoms with E-state index in [4.69, 9.17) is 9.47 Å². The molecule has 24 heavy (non-hydrogen) atoms. The number of aliphatic imine (C=N–C) groups is 1. The summed E-state index contributed by atoms with van der Waals surface area (Å²) in [6.45, 7) is 5.31. The maximum atomic E-state index is 11.2. The van der Waals surface area contributed by atoms with Gasteiger partial charge in [0.15, 0.2) is 5.96 Å². The van der Waals surface area contributed by atoms with Crippen LogP contribution in [0.1, 0.15) is 13.8 Å². The molecule has 0 amide bonds. The van der Waals surface area contributed by atoms with Crippen LogP contribution in [-0.4, -0.2) is 59.2 Å². The summed E-state index contributed by atoms with van der Waals surface area (Å²) < 4.78 is 33.3. The van der Waals surface area contributed by atoms with E-state index in [2.05, 4.69) is 15.6 Å². The third-order valence-electron chi connectivity index (χ3n) is 2.99. The molecule has 1 rings (SSSR count). The number of sulfone groups is 1. The van der Waals surface area contributed by atoms with Crippen LogP contribution in [0.5, 0.6) is 11.5 Å². The highest BCUT2D eigenvalue weighted by atomic mass is 32.2. The Labute approximate surface area is 144 Å². The lowest BCUT2D eigenvalue weighted by Crippen LogP contribution is -2.40. The highest BCUT2D eigenvalue weighted by Crippen LogP contribution is 2.19. The van der Waals surface area contributed by atoms with Crippen LogP contribution in [-0.2, 0) is 9.84 Å². The number of hydrogen-bond donors (Lipinski definition) is 2. The van der Waals surface area contributed by atoms with Crippen molar-refractivity contribution in [1.82, 2.24) is 10.6 Å². The van der Waals surface area contributed by atoms with Crippen LogP contribution in [0, 0.1) is 0 Å². The Kier molecular flexibility index (Phi) is 8.39. The Bertz CT molecular complexity index is 632. The average Bonchev–Trinajstić information content (AvgIpc) is 2.51. The van der Waals surface area contributed by atoms with Gasteiger partial charge in [-0.05, 0) is 26.0 Å². The van der Waals surface area contributed by atoms with E-state index in [0.29, 0.717) is 31.3 Å². The molecule has 2 N–H and O–H groups in total. The van der Waals surface area contributed by atoms with Crippen molar-refractivity contribution in [3.63, 3.8) is 0 Å². The molecule has 1 aromatic rings. The molecule has 0 aliphatic carbocycles. The Morgan fingerprint density at radius 1 is 1.29 bits per heavy atom. The number of hydrogen-bond acceptors (Lipinski definition) is 5. The first kappa shape index (κ1) is 20.1. The second-order valence-corrected chi connectivity index (χ2v) is 7.64. The molecule has 1 aromatic carbocycles. The highest BCUT2D eigenvalue weighted by molar-refractivity contribution is 7.90. The van der Waals surface area contributed by atoms with Crippen molar-refractivity contribution < 1.29 is 17.9 Å². The Hall–Kier alpha value is -1.96. The first-order valence-electron chi connectivity index (χ1n) is 7.84. The molecule has 0 aliphatic rings. The molecule has 0 bridgehead atoms. The second-order valence-electron chi connectivity index (χ2n) is 5.38. The van der Waals surface area contributed by atoms with Crippen molar-refractivity contribution in [2.45, 2.75) is 20.0 Å². The molecule has 0 aromatic heterocycles. The summed E-state index contributed by atoms with van der Waals surface area (Å²) in [7, 11) is -1.39. The van der Waals surface area contributed by atoms with E-state index in [1.165, 1.54) is 6.26 Å². The minimum Gasteiger partial charge on any atom is -0.497 e. The Morgan fingerprint density at radius 3 is 2.62 bits per heavy atom. The van der Waals surface area contributed by atoms with E-state index in [1.807, 2.05) is 38.1 Å². The lowest BCUT2D eigenvalue weighted by atomic mass is 10.3. The minimum absolute atomic E-state index is 0.0628. The number of benzene rings is 1. The van der Waals surface area contributed by atoms with Crippen molar-refractivity contribution in [2.75, 3.05) is 38.8 Å². The first-order chi connectivity index (χ1) is 11.3. The van der Waals surface area contributed by atoms with Gasteiger partial charge in [0.2, 0.25) is 0 Å². The molecule has 0 radical (unpaired) electrons. The average molecular weight is 357 g/mol. The molecule has 0 heterocycles. The largest absolute Gasteiger partial charge is 0.497 e. The predicted molar refractivity (Wildman–Crippen MR) is 96.8 cm³/mol. The summed E-state index contributed by atoms with van der Waals surface area (Å²) in [5, 5.41) is 6.07. The summed E-state index contributed by atoms with van der Waals surface area (Å²) >= 11 is 0. The van der Waals surface area contributed by atoms with Crippen molar-refractivity contribution in [2.24, 2.45) is 4.99 Å². The Balaban J connectivity index is 2.54. The number of nitrogens with one attached hydrogen (secondary N) is 2. The van der Waals surface area contributed by atoms with Crippen molar-refractivity contribution in [3.8, 4) is 11.5 Å². The molecule has 0 aliphatic heterocycles. The summed E-state index contributed by atoms with van der Waals surface area (Å²) in [4.78, 5) is 4.42. The van der Waals surface area contributed by atoms with Crippen LogP contribution in [0.15, 0.2) is 29.3 Å². The van der Waals surface area contributed by atoms with Gasteiger partial charge in [-0.3, -0.25) is 0 Å². The van der Waals surface area contributed by atoms with Crippen molar-refractivity contribution >= 4 is 15.8 Å². The zero-order chi connectivity index (χ0) is 18.0. The standard InChI is InChI=1S/C16H27N3O4S/c1-5-17-16(18-9-10-24(4,20)21)19-12-13(2)23-15-8-6-7-14(11-15)22-3/h6-8,11,13H,5,9-10,12H2,1-4H3,(H2,17,18,19). The molecule has 0 saturated carbocycles. The molecule has 0 saturated heterocycles. The normalized spacial score (nSPS) is 13.2. The van der Waals surface area contributed by atoms with Gasteiger partial charge in [0.05, 0.1) is 19.4 Å². The summed E-state index contributed by atoms with van der Waals surface area (Å²) in [6, 6.07) is 7.39. The lowest BCUT2D eigenvalue weighted by molar-refractivity contribution is 0.229. The van der Waals surface area contributed by atoms with Crippen LogP contribution in [0.2, 0.25) is 0 Å². The van der Waals surface area contributed by atoms with Crippen LogP contribution in [0.3, 0.4) is 0 Å². The number of ether oxygens (including phenoxy) is 2. The van der Waals surface area contributed by atoms with Gasteiger partial charge in [0.25, 0.3) is 0 Å². The molecular formula is C16H27N3O4S. The van der Waals surface area contributed by atoms with E-state index in [9.17, 15) is 8.42 Å². The number of nitrogens with zero attached hydrogens (tertiary/aromatic N) is 1. The molecule has 8 heteroatoms. The first-order valence-corrected chi connectivity index (χ1v) is 9.90. The van der Waals surface area contributed by atoms with Gasteiger partial charge in [0, 0.05) is 25.4 Å². The summed E-state index contributed by atoms with van der Waals surface area (Å²) in [6.07, 6.45) is 1.07. The van der Waals surface area contributed by atoms with E-state index in [0.717, 1.165) is 5.75 Å². The van der Waals surface area contributed by atoms with E-state index < -0.39 is 9.84 Å². The van der Waals surface area contributed by atoms with Crippen LogP contribution in [0.25, 0.3) is 0 Å². The fourth-order valence-electron chi connectivity index (χ4n) is 1.86. The fraction of sp³-hybridized carbons (Fsp3) is 0.562. The zero-order valence-electron chi connectivity index (χ0n) is 14.7. The zero-order valence-corrected chi connectivity index (χ0v) is 15.5. The number of methoxy groups -OCH3 is 1. The molecule has 136 valence electrons. The van der Waals surface area contributed by atoms with Gasteiger partial charge in [-0.2, -0.15) is 0 Å². The highest BCUT2D eigenvalue weighted by Gasteiger charge is 2.07. The molecular weight excluding hydrogens is 330 g/mol. The SMILES string of the molecule is CCNC(=NCC(C)Oc1cccc(OC)c1)NCCS(C)(=O)=O. The smallest absolute Gasteiger partial charge is 0.191 e. The van der Waals surface area contributed by atoms with Crippen LogP contribution in [0.4, 0.5) is 0 Å². The number of rotatable bonds is 9. The van der Waals surface area contributed by atoms with Crippen molar-refractivity contribution in [1.29, 1.82) is 0 Å². The molecule has 7 nitrogen and oxygen atoms in total. The van der Waals surface area contributed by atoms with E-state index >= 15 is 0 Å². The fourth-order valence-corrected chi connectivity index (χ4v) is 2.33. The number of guanidine groups is 1. The predicted octanol–water partition coefficient (Wildman–Crippen LogP) is 1.06. The van der Waals surface area contributed by atoms with Gasteiger partial charge in [-0.1, -0.05) is 6.07 Å². The van der Waals surface area contributed by atoms with E-state index in [1.54, 1.807) is 7.11 Å². The summed E-state index contributed by atoms with van der Waals surface area (Å²) in [5.41, 5.74) is 0. The third-order valence-corrected chi connectivity index (χ3v) is 3.94. The minimum atomic E-state index is -3.00. The maximum Gasteiger partial charge on any atom is 0.191 e. The molecule has 1 atom stereocenters. The molecule has 0 fully saturated rings. The quantitative estimate of drug-likeness (QED) is 0.507. The Morgan fingerprint density at radius 2 is 2.00 bits per heavy atom. The van der Waals surface area contributed by atoms with E-state index in [-0.39, 0.29) is 11.9 Å². The van der Waals surface area contributed by atoms with Crippen LogP contribution < -0.4 is 20.1 Å². The van der Waals surface area contributed by atoms with Crippen molar-refractivity contribution in [3.05, 3.63) is 24.3 Å². The van der Waals surface area contributed by atoms with Gasteiger partial charge in [0.1, 0.15) is 27.4 Å². The molecule has 1 unspecified atom stereocenters. The van der Waals surface area contributed by atoms with Gasteiger partial charge in [-0.15, -0.1) is 0 Å². The van der Waals surface area contributed by atoms with Crippen LogP contribution >= 0.6 is 0 Å². The molecule has 0 spiro atoms. The third kappa shape index (κ3) is 8.61. The topological polar surface area (TPSA) is 89.0 Å². The van der Waals surface area contributed by atoms with Gasteiger partial charge < -0.3 is 20.1 Å². The van der Waals surface area contributed by atoms with Gasteiger partial charge in [-0.25, -0.2) is 13.4 Å². The van der Waals surface area contributed by atoms with Gasteiger partial charge >= 0.3 is 0 Å². The maximum absolute atomic E-state index is 11.2. The summed E-state index contributed by atoms with van der Waals surface area (Å²) in [5.74, 6) is 2.08. The lowest BCUT2D eigenvalue weighted by Gasteiger charge is -2.15. The second kappa shape index (κ2) is 10.0. The monoisotopic (exact) mass is 357 g/mol.